The predicted octanol–water partition coefficient (Wildman–Crippen LogP) is 4.43. The molecule has 2 N–H and O–H groups in total. The molecule has 0 aliphatic rings. The van der Waals surface area contributed by atoms with Gasteiger partial charge in [0.05, 0.1) is 11.3 Å². The van der Waals surface area contributed by atoms with Gasteiger partial charge in [-0.2, -0.15) is 0 Å². The van der Waals surface area contributed by atoms with Crippen molar-refractivity contribution in [2.75, 3.05) is 11.9 Å². The lowest BCUT2D eigenvalue weighted by Gasteiger charge is -2.13. The maximum absolute atomic E-state index is 12.9. The molecule has 0 unspecified atom stereocenters. The summed E-state index contributed by atoms with van der Waals surface area (Å²) < 4.78 is 0. The number of rotatable bonds is 8. The Morgan fingerprint density at radius 3 is 2.56 bits per heavy atom. The van der Waals surface area contributed by atoms with Crippen LogP contribution in [0.3, 0.4) is 0 Å². The fraction of sp³-hybridized carbons (Fsp3) is 0.154. The second-order valence-corrected chi connectivity index (χ2v) is 7.50. The van der Waals surface area contributed by atoms with Gasteiger partial charge in [-0.05, 0) is 42.8 Å². The Kier molecular flexibility index (Phi) is 6.82. The number of hydrogen-bond acceptors (Lipinski definition) is 5. The van der Waals surface area contributed by atoms with E-state index in [2.05, 4.69) is 39.7 Å². The first-order valence-corrected chi connectivity index (χ1v) is 10.6. The van der Waals surface area contributed by atoms with Crippen molar-refractivity contribution in [2.45, 2.75) is 19.9 Å². The average molecular weight is 424 g/mol. The number of anilines is 1. The van der Waals surface area contributed by atoms with Gasteiger partial charge in [0.1, 0.15) is 5.82 Å². The van der Waals surface area contributed by atoms with E-state index in [-0.39, 0.29) is 5.91 Å². The van der Waals surface area contributed by atoms with Gasteiger partial charge in [-0.25, -0.2) is 4.98 Å². The lowest BCUT2D eigenvalue weighted by molar-refractivity contribution is 0.0951. The van der Waals surface area contributed by atoms with E-state index in [1.54, 1.807) is 18.6 Å². The van der Waals surface area contributed by atoms with Gasteiger partial charge in [0.2, 0.25) is 0 Å². The summed E-state index contributed by atoms with van der Waals surface area (Å²) >= 11 is 0. The summed E-state index contributed by atoms with van der Waals surface area (Å²) in [6.07, 6.45) is 5.96. The Bertz CT molecular complexity index is 1160. The van der Waals surface area contributed by atoms with E-state index < -0.39 is 0 Å². The Morgan fingerprint density at radius 2 is 1.81 bits per heavy atom. The molecular formula is C26H25N5O. The Morgan fingerprint density at radius 1 is 0.938 bits per heavy atom. The molecule has 1 amide bonds. The Labute approximate surface area is 187 Å². The minimum atomic E-state index is -0.183. The lowest BCUT2D eigenvalue weighted by Crippen LogP contribution is -2.25. The van der Waals surface area contributed by atoms with Gasteiger partial charge in [0, 0.05) is 49.4 Å². The summed E-state index contributed by atoms with van der Waals surface area (Å²) in [5.74, 6) is 0.375. The van der Waals surface area contributed by atoms with Gasteiger partial charge < -0.3 is 10.6 Å². The fourth-order valence-corrected chi connectivity index (χ4v) is 3.30. The van der Waals surface area contributed by atoms with Gasteiger partial charge in [-0.15, -0.1) is 0 Å². The van der Waals surface area contributed by atoms with E-state index in [4.69, 9.17) is 4.98 Å². The molecule has 3 aromatic heterocycles. The predicted molar refractivity (Wildman–Crippen MR) is 126 cm³/mol. The number of amides is 1. The third-order valence-corrected chi connectivity index (χ3v) is 5.06. The highest BCUT2D eigenvalue weighted by Gasteiger charge is 2.14. The molecule has 0 fully saturated rings. The summed E-state index contributed by atoms with van der Waals surface area (Å²) in [7, 11) is 0. The van der Waals surface area contributed by atoms with Crippen LogP contribution < -0.4 is 10.6 Å². The number of aromatic nitrogens is 3. The molecule has 32 heavy (non-hydrogen) atoms. The third-order valence-electron chi connectivity index (χ3n) is 5.06. The highest BCUT2D eigenvalue weighted by molar-refractivity contribution is 5.99. The third kappa shape index (κ3) is 5.55. The molecule has 0 bridgehead atoms. The van der Waals surface area contributed by atoms with Crippen molar-refractivity contribution < 1.29 is 4.79 Å². The molecule has 160 valence electrons. The van der Waals surface area contributed by atoms with Crippen molar-refractivity contribution in [2.24, 2.45) is 0 Å². The standard InChI is InChI=1S/C26H25N5O/c1-19-7-9-21(10-8-19)24-12-11-23(26(32)30-18-20-5-4-14-27-17-20)25(31-24)29-16-13-22-6-2-3-15-28-22/h2-12,14-15,17H,13,16,18H2,1H3,(H,29,31)(H,30,32). The first-order valence-electron chi connectivity index (χ1n) is 10.6. The van der Waals surface area contributed by atoms with Crippen molar-refractivity contribution in [3.8, 4) is 11.3 Å². The quantitative estimate of drug-likeness (QED) is 0.438. The Balaban J connectivity index is 1.54. The zero-order chi connectivity index (χ0) is 22.2. The molecule has 0 radical (unpaired) electrons. The maximum atomic E-state index is 12.9. The molecule has 0 aliphatic heterocycles. The zero-order valence-electron chi connectivity index (χ0n) is 18.0. The molecular weight excluding hydrogens is 398 g/mol. The molecule has 0 spiro atoms. The molecule has 1 aromatic carbocycles. The summed E-state index contributed by atoms with van der Waals surface area (Å²) in [5, 5.41) is 6.30. The molecule has 3 heterocycles. The van der Waals surface area contributed by atoms with Crippen LogP contribution in [0.5, 0.6) is 0 Å². The summed E-state index contributed by atoms with van der Waals surface area (Å²) in [6, 6.07) is 21.5. The number of nitrogens with one attached hydrogen (secondary N) is 2. The number of aryl methyl sites for hydroxylation is 1. The van der Waals surface area contributed by atoms with Crippen LogP contribution in [0.4, 0.5) is 5.82 Å². The number of hydrogen-bond donors (Lipinski definition) is 2. The van der Waals surface area contributed by atoms with E-state index in [1.807, 2.05) is 54.6 Å². The number of carbonyl (C=O) groups is 1. The van der Waals surface area contributed by atoms with Crippen LogP contribution in [-0.2, 0) is 13.0 Å². The van der Waals surface area contributed by atoms with Crippen LogP contribution >= 0.6 is 0 Å². The second-order valence-electron chi connectivity index (χ2n) is 7.50. The molecule has 0 saturated carbocycles. The molecule has 4 rings (SSSR count). The SMILES string of the molecule is Cc1ccc(-c2ccc(C(=O)NCc3cccnc3)c(NCCc3ccccn3)n2)cc1. The van der Waals surface area contributed by atoms with Crippen molar-refractivity contribution in [3.05, 3.63) is 108 Å². The molecule has 0 saturated heterocycles. The van der Waals surface area contributed by atoms with E-state index in [9.17, 15) is 4.79 Å². The largest absolute Gasteiger partial charge is 0.369 e. The monoisotopic (exact) mass is 423 g/mol. The minimum absolute atomic E-state index is 0.183. The highest BCUT2D eigenvalue weighted by Crippen LogP contribution is 2.22. The minimum Gasteiger partial charge on any atom is -0.369 e. The number of nitrogens with zero attached hydrogens (tertiary/aromatic N) is 3. The molecule has 6 heteroatoms. The van der Waals surface area contributed by atoms with Crippen molar-refractivity contribution in [1.29, 1.82) is 0 Å². The van der Waals surface area contributed by atoms with Gasteiger partial charge in [0.15, 0.2) is 0 Å². The van der Waals surface area contributed by atoms with Gasteiger partial charge in [-0.3, -0.25) is 14.8 Å². The van der Waals surface area contributed by atoms with Crippen LogP contribution in [0.15, 0.2) is 85.3 Å². The van der Waals surface area contributed by atoms with Crippen LogP contribution in [0.25, 0.3) is 11.3 Å². The summed E-state index contributed by atoms with van der Waals surface area (Å²) in [6.45, 7) is 3.07. The van der Waals surface area contributed by atoms with E-state index in [0.29, 0.717) is 24.5 Å². The second kappa shape index (κ2) is 10.3. The van der Waals surface area contributed by atoms with Crippen LogP contribution in [0.2, 0.25) is 0 Å². The number of benzene rings is 1. The normalized spacial score (nSPS) is 10.5. The molecule has 4 aromatic rings. The van der Waals surface area contributed by atoms with E-state index >= 15 is 0 Å². The number of pyridine rings is 3. The first kappa shape index (κ1) is 21.2. The number of carbonyl (C=O) groups excluding carboxylic acids is 1. The van der Waals surface area contributed by atoms with Gasteiger partial charge in [0.25, 0.3) is 5.91 Å². The molecule has 0 aliphatic carbocycles. The van der Waals surface area contributed by atoms with Crippen molar-refractivity contribution in [1.82, 2.24) is 20.3 Å². The summed E-state index contributed by atoms with van der Waals surface area (Å²) in [4.78, 5) is 26.2. The zero-order valence-corrected chi connectivity index (χ0v) is 18.0. The molecule has 0 atom stereocenters. The smallest absolute Gasteiger partial charge is 0.255 e. The maximum Gasteiger partial charge on any atom is 0.255 e. The van der Waals surface area contributed by atoms with Crippen molar-refractivity contribution >= 4 is 11.7 Å². The van der Waals surface area contributed by atoms with E-state index in [0.717, 1.165) is 28.9 Å². The fourth-order valence-electron chi connectivity index (χ4n) is 3.30. The first-order chi connectivity index (χ1) is 15.7. The van der Waals surface area contributed by atoms with Crippen LogP contribution in [-0.4, -0.2) is 27.4 Å². The molecule has 6 nitrogen and oxygen atoms in total. The van der Waals surface area contributed by atoms with E-state index in [1.165, 1.54) is 5.56 Å². The van der Waals surface area contributed by atoms with Gasteiger partial charge >= 0.3 is 0 Å². The lowest BCUT2D eigenvalue weighted by atomic mass is 10.1. The topological polar surface area (TPSA) is 79.8 Å². The van der Waals surface area contributed by atoms with Crippen molar-refractivity contribution in [3.63, 3.8) is 0 Å². The van der Waals surface area contributed by atoms with Crippen LogP contribution in [0, 0.1) is 6.92 Å². The highest BCUT2D eigenvalue weighted by atomic mass is 16.1. The average Bonchev–Trinajstić information content (AvgIpc) is 2.84. The van der Waals surface area contributed by atoms with Gasteiger partial charge in [-0.1, -0.05) is 42.0 Å². The Hall–Kier alpha value is -4.06. The summed E-state index contributed by atoms with van der Waals surface area (Å²) in [5.41, 5.74) is 5.44. The van der Waals surface area contributed by atoms with Crippen LogP contribution in [0.1, 0.15) is 27.2 Å².